The number of nitrogens with one attached hydrogen (secondary N) is 2. The average Bonchev–Trinajstić information content (AvgIpc) is 3.32. The van der Waals surface area contributed by atoms with Crippen LogP contribution in [0.3, 0.4) is 0 Å². The van der Waals surface area contributed by atoms with Gasteiger partial charge in [-0.25, -0.2) is 0 Å². The molecule has 0 aliphatic carbocycles. The molecule has 2 aromatic rings. The topological polar surface area (TPSA) is 131 Å². The van der Waals surface area contributed by atoms with Gasteiger partial charge in [-0.2, -0.15) is 4.80 Å². The molecule has 1 fully saturated rings. The maximum Gasteiger partial charge on any atom is 0.293 e. The standard InChI is InChI=1S/C17H22N8O3S/c1-11(2)10-24-21-16(20-22-24)19-17(29)18-15(26)12-5-6-13(14(9-12)25(27)28)23-7-3-4-8-23/h5-6,9,11H,3-4,7-8,10H2,1-2H3,(H2,18,19,21,26,29). The van der Waals surface area contributed by atoms with Crippen molar-refractivity contribution >= 4 is 40.6 Å². The SMILES string of the molecule is CC(C)Cn1nnc(NC(=S)NC(=O)c2ccc(N3CCCC3)c([N+](=O)[O-])c2)n1. The van der Waals surface area contributed by atoms with Crippen molar-refractivity contribution < 1.29 is 9.72 Å². The molecule has 0 atom stereocenters. The lowest BCUT2D eigenvalue weighted by Gasteiger charge is -2.17. The number of amides is 1. The fraction of sp³-hybridized carbons (Fsp3) is 0.471. The van der Waals surface area contributed by atoms with Crippen LogP contribution in [-0.2, 0) is 6.54 Å². The van der Waals surface area contributed by atoms with E-state index in [0.29, 0.717) is 18.2 Å². The summed E-state index contributed by atoms with van der Waals surface area (Å²) in [4.78, 5) is 26.9. The fourth-order valence-corrected chi connectivity index (χ4v) is 3.23. The molecule has 1 amide bonds. The Morgan fingerprint density at radius 1 is 1.34 bits per heavy atom. The molecule has 0 spiro atoms. The predicted molar refractivity (Wildman–Crippen MR) is 111 cm³/mol. The molecule has 1 aromatic carbocycles. The van der Waals surface area contributed by atoms with Crippen LogP contribution in [0.4, 0.5) is 17.3 Å². The quantitative estimate of drug-likeness (QED) is 0.410. The van der Waals surface area contributed by atoms with Gasteiger partial charge in [-0.05, 0) is 48.3 Å². The third-order valence-electron chi connectivity index (χ3n) is 4.31. The summed E-state index contributed by atoms with van der Waals surface area (Å²) in [6, 6.07) is 4.42. The number of nitrogens with zero attached hydrogens (tertiary/aromatic N) is 6. The summed E-state index contributed by atoms with van der Waals surface area (Å²) in [5.74, 6) is -0.0533. The fourth-order valence-electron chi connectivity index (χ4n) is 3.04. The van der Waals surface area contributed by atoms with E-state index in [0.717, 1.165) is 25.9 Å². The monoisotopic (exact) mass is 418 g/mol. The molecule has 154 valence electrons. The molecule has 3 rings (SSSR count). The van der Waals surface area contributed by atoms with Crippen LogP contribution in [-0.4, -0.2) is 49.2 Å². The zero-order valence-electron chi connectivity index (χ0n) is 16.2. The van der Waals surface area contributed by atoms with Crippen LogP contribution in [0.25, 0.3) is 0 Å². The van der Waals surface area contributed by atoms with Crippen molar-refractivity contribution in [3.8, 4) is 0 Å². The summed E-state index contributed by atoms with van der Waals surface area (Å²) in [5.41, 5.74) is 0.563. The van der Waals surface area contributed by atoms with Gasteiger partial charge in [0.1, 0.15) is 5.69 Å². The minimum atomic E-state index is -0.562. The van der Waals surface area contributed by atoms with E-state index in [2.05, 4.69) is 26.0 Å². The number of thiocarbonyl (C=S) groups is 1. The Hall–Kier alpha value is -3.15. The second-order valence-electron chi connectivity index (χ2n) is 7.12. The van der Waals surface area contributed by atoms with Crippen molar-refractivity contribution in [2.24, 2.45) is 5.92 Å². The first kappa shape index (κ1) is 20.6. The lowest BCUT2D eigenvalue weighted by Crippen LogP contribution is -2.34. The van der Waals surface area contributed by atoms with E-state index in [-0.39, 0.29) is 22.3 Å². The third kappa shape index (κ3) is 5.22. The molecule has 1 aliphatic heterocycles. The van der Waals surface area contributed by atoms with Gasteiger partial charge in [-0.1, -0.05) is 18.9 Å². The highest BCUT2D eigenvalue weighted by atomic mass is 32.1. The van der Waals surface area contributed by atoms with Gasteiger partial charge in [0, 0.05) is 24.7 Å². The van der Waals surface area contributed by atoms with Gasteiger partial charge in [-0.15, -0.1) is 5.10 Å². The minimum absolute atomic E-state index is 0.0228. The summed E-state index contributed by atoms with van der Waals surface area (Å²) in [6.07, 6.45) is 1.99. The van der Waals surface area contributed by atoms with Crippen molar-refractivity contribution in [3.63, 3.8) is 0 Å². The number of anilines is 2. The first-order valence-electron chi connectivity index (χ1n) is 9.27. The highest BCUT2D eigenvalue weighted by molar-refractivity contribution is 7.80. The lowest BCUT2D eigenvalue weighted by molar-refractivity contribution is -0.384. The van der Waals surface area contributed by atoms with E-state index in [1.807, 2.05) is 18.7 Å². The Balaban J connectivity index is 1.66. The van der Waals surface area contributed by atoms with Crippen molar-refractivity contribution in [1.29, 1.82) is 0 Å². The smallest absolute Gasteiger partial charge is 0.293 e. The molecule has 12 heteroatoms. The molecule has 1 aromatic heterocycles. The number of aromatic nitrogens is 4. The van der Waals surface area contributed by atoms with Gasteiger partial charge >= 0.3 is 0 Å². The van der Waals surface area contributed by atoms with Crippen molar-refractivity contribution in [1.82, 2.24) is 25.5 Å². The average molecular weight is 418 g/mol. The summed E-state index contributed by atoms with van der Waals surface area (Å²) in [6.45, 7) is 6.18. The molecule has 0 radical (unpaired) electrons. The minimum Gasteiger partial charge on any atom is -0.366 e. The predicted octanol–water partition coefficient (Wildman–Crippen LogP) is 1.96. The Labute approximate surface area is 172 Å². The number of carbonyl (C=O) groups is 1. The van der Waals surface area contributed by atoms with Crippen LogP contribution in [0.2, 0.25) is 0 Å². The van der Waals surface area contributed by atoms with Crippen molar-refractivity contribution in [3.05, 3.63) is 33.9 Å². The zero-order valence-corrected chi connectivity index (χ0v) is 17.0. The van der Waals surface area contributed by atoms with Crippen LogP contribution in [0.15, 0.2) is 18.2 Å². The first-order chi connectivity index (χ1) is 13.8. The van der Waals surface area contributed by atoms with Crippen LogP contribution < -0.4 is 15.5 Å². The molecule has 11 nitrogen and oxygen atoms in total. The lowest BCUT2D eigenvalue weighted by atomic mass is 10.1. The molecule has 29 heavy (non-hydrogen) atoms. The highest BCUT2D eigenvalue weighted by Gasteiger charge is 2.24. The molecule has 0 bridgehead atoms. The normalized spacial score (nSPS) is 13.6. The summed E-state index contributed by atoms with van der Waals surface area (Å²) >= 11 is 5.10. The summed E-state index contributed by atoms with van der Waals surface area (Å²) in [7, 11) is 0. The second-order valence-corrected chi connectivity index (χ2v) is 7.53. The van der Waals surface area contributed by atoms with E-state index in [9.17, 15) is 14.9 Å². The van der Waals surface area contributed by atoms with Crippen molar-refractivity contribution in [2.75, 3.05) is 23.3 Å². The molecule has 2 N–H and O–H groups in total. The van der Waals surface area contributed by atoms with E-state index < -0.39 is 10.8 Å². The summed E-state index contributed by atoms with van der Waals surface area (Å²) in [5, 5.41) is 28.4. The van der Waals surface area contributed by atoms with Crippen LogP contribution in [0.5, 0.6) is 0 Å². The number of hydrogen-bond acceptors (Lipinski definition) is 8. The van der Waals surface area contributed by atoms with Crippen LogP contribution >= 0.6 is 12.2 Å². The largest absolute Gasteiger partial charge is 0.366 e. The van der Waals surface area contributed by atoms with Crippen LogP contribution in [0.1, 0.15) is 37.0 Å². The van der Waals surface area contributed by atoms with Gasteiger partial charge in [0.15, 0.2) is 5.11 Å². The maximum absolute atomic E-state index is 12.5. The van der Waals surface area contributed by atoms with Gasteiger partial charge in [-0.3, -0.25) is 25.5 Å². The number of carbonyl (C=O) groups excluding carboxylic acids is 1. The van der Waals surface area contributed by atoms with E-state index in [4.69, 9.17) is 12.2 Å². The Morgan fingerprint density at radius 3 is 2.72 bits per heavy atom. The third-order valence-corrected chi connectivity index (χ3v) is 4.52. The maximum atomic E-state index is 12.5. The Bertz CT molecular complexity index is 923. The molecular weight excluding hydrogens is 396 g/mol. The molecule has 2 heterocycles. The highest BCUT2D eigenvalue weighted by Crippen LogP contribution is 2.31. The zero-order chi connectivity index (χ0) is 21.0. The van der Waals surface area contributed by atoms with Gasteiger partial charge in [0.05, 0.1) is 11.5 Å². The molecule has 0 unspecified atom stereocenters. The van der Waals surface area contributed by atoms with Crippen molar-refractivity contribution in [2.45, 2.75) is 33.2 Å². The second kappa shape index (κ2) is 8.90. The Morgan fingerprint density at radius 2 is 2.07 bits per heavy atom. The van der Waals surface area contributed by atoms with E-state index in [1.165, 1.54) is 10.9 Å². The van der Waals surface area contributed by atoms with Crippen LogP contribution in [0, 0.1) is 16.0 Å². The number of benzene rings is 1. The van der Waals surface area contributed by atoms with Gasteiger partial charge < -0.3 is 4.90 Å². The Kier molecular flexibility index (Phi) is 6.32. The number of nitro benzene ring substituents is 1. The van der Waals surface area contributed by atoms with E-state index >= 15 is 0 Å². The number of rotatable bonds is 6. The van der Waals surface area contributed by atoms with Gasteiger partial charge in [0.25, 0.3) is 17.5 Å². The molecular formula is C17H22N8O3S. The van der Waals surface area contributed by atoms with E-state index in [1.54, 1.807) is 12.1 Å². The summed E-state index contributed by atoms with van der Waals surface area (Å²) < 4.78 is 0. The van der Waals surface area contributed by atoms with Gasteiger partial charge in [0.2, 0.25) is 0 Å². The molecule has 1 saturated heterocycles. The number of nitro groups is 1. The first-order valence-corrected chi connectivity index (χ1v) is 9.68. The number of hydrogen-bond donors (Lipinski definition) is 2. The molecule has 1 aliphatic rings. The number of tetrazole rings is 1. The molecule has 0 saturated carbocycles.